The summed E-state index contributed by atoms with van der Waals surface area (Å²) in [5, 5.41) is 2.15. The van der Waals surface area contributed by atoms with Gasteiger partial charge in [0.1, 0.15) is 23.3 Å². The average molecular weight is 513 g/mol. The number of sulfonamides is 1. The van der Waals surface area contributed by atoms with Crippen molar-refractivity contribution < 1.29 is 31.9 Å². The Morgan fingerprint density at radius 2 is 1.94 bits per heavy atom. The van der Waals surface area contributed by atoms with Gasteiger partial charge in [-0.15, -0.1) is 0 Å². The molecule has 0 saturated heterocycles. The van der Waals surface area contributed by atoms with Crippen molar-refractivity contribution in [2.24, 2.45) is 0 Å². The zero-order valence-corrected chi connectivity index (χ0v) is 20.8. The number of ether oxygens (including phenoxy) is 2. The predicted octanol–water partition coefficient (Wildman–Crippen LogP) is 3.46. The fourth-order valence-corrected chi connectivity index (χ4v) is 5.19. The van der Waals surface area contributed by atoms with Gasteiger partial charge >= 0.3 is 5.97 Å². The number of hydrogen-bond donors (Lipinski definition) is 1. The zero-order valence-electron chi connectivity index (χ0n) is 19.2. The van der Waals surface area contributed by atoms with Gasteiger partial charge in [0.15, 0.2) is 0 Å². The largest absolute Gasteiger partial charge is 0.486 e. The molecule has 8 nitrogen and oxygen atoms in total. The molecular formula is C23H26ClFN2O6S. The molecule has 1 amide bonds. The van der Waals surface area contributed by atoms with Gasteiger partial charge in [0, 0.05) is 7.05 Å². The molecule has 0 radical (unpaired) electrons. The number of rotatable bonds is 6. The lowest BCUT2D eigenvalue weighted by Crippen LogP contribution is -2.45. The van der Waals surface area contributed by atoms with Gasteiger partial charge < -0.3 is 14.8 Å². The third-order valence-corrected chi connectivity index (χ3v) is 6.96. The van der Waals surface area contributed by atoms with Gasteiger partial charge in [-0.05, 0) is 56.7 Å². The number of fused-ring (bicyclic) bond motifs is 1. The minimum absolute atomic E-state index is 0.0776. The molecular weight excluding hydrogens is 487 g/mol. The van der Waals surface area contributed by atoms with E-state index in [9.17, 15) is 22.4 Å². The SMILES string of the molecule is CNC(=O)C[C@H]1CN(S(=O)(=O)c2ccc(F)c(Cl)c2)c2cc(CC(=O)OC(C)(C)C)ccc2O1. The molecule has 11 heteroatoms. The summed E-state index contributed by atoms with van der Waals surface area (Å²) in [7, 11) is -2.74. The van der Waals surface area contributed by atoms with Crippen LogP contribution in [0.4, 0.5) is 10.1 Å². The fourth-order valence-electron chi connectivity index (χ4n) is 3.42. The maximum atomic E-state index is 13.7. The average Bonchev–Trinajstić information content (AvgIpc) is 2.73. The van der Waals surface area contributed by atoms with E-state index in [4.69, 9.17) is 21.1 Å². The molecule has 0 fully saturated rings. The first-order valence-electron chi connectivity index (χ1n) is 10.5. The molecule has 2 aromatic carbocycles. The van der Waals surface area contributed by atoms with Crippen molar-refractivity contribution in [1.29, 1.82) is 0 Å². The Labute approximate surface area is 203 Å². The molecule has 2 aromatic rings. The lowest BCUT2D eigenvalue weighted by atomic mass is 10.1. The van der Waals surface area contributed by atoms with E-state index < -0.39 is 33.5 Å². The molecule has 0 saturated carbocycles. The van der Waals surface area contributed by atoms with Crippen molar-refractivity contribution in [1.82, 2.24) is 5.32 Å². The molecule has 0 unspecified atom stereocenters. The number of amides is 1. The van der Waals surface area contributed by atoms with Crippen molar-refractivity contribution in [2.75, 3.05) is 17.9 Å². The number of carbonyl (C=O) groups excluding carboxylic acids is 2. The molecule has 0 aliphatic carbocycles. The summed E-state index contributed by atoms with van der Waals surface area (Å²) in [6.45, 7) is 5.08. The van der Waals surface area contributed by atoms with E-state index in [1.165, 1.54) is 13.1 Å². The molecule has 1 atom stereocenters. The number of esters is 1. The number of hydrogen-bond acceptors (Lipinski definition) is 6. The number of nitrogens with one attached hydrogen (secondary N) is 1. The normalized spacial score (nSPS) is 15.8. The second-order valence-electron chi connectivity index (χ2n) is 8.79. The van der Waals surface area contributed by atoms with Crippen LogP contribution in [0.1, 0.15) is 32.8 Å². The smallest absolute Gasteiger partial charge is 0.310 e. The number of halogens is 2. The number of nitrogens with zero attached hydrogens (tertiary/aromatic N) is 1. The fraction of sp³-hybridized carbons (Fsp3) is 0.391. The first-order valence-corrected chi connectivity index (χ1v) is 12.3. The lowest BCUT2D eigenvalue weighted by molar-refractivity contribution is -0.153. The highest BCUT2D eigenvalue weighted by Gasteiger charge is 2.36. The van der Waals surface area contributed by atoms with Gasteiger partial charge in [0.05, 0.1) is 35.0 Å². The quantitative estimate of drug-likeness (QED) is 0.595. The number of carbonyl (C=O) groups is 2. The summed E-state index contributed by atoms with van der Waals surface area (Å²) in [5.41, 5.74) is 0.0342. The van der Waals surface area contributed by atoms with Crippen molar-refractivity contribution in [3.8, 4) is 5.75 Å². The third-order valence-electron chi connectivity index (χ3n) is 4.89. The van der Waals surface area contributed by atoms with Gasteiger partial charge in [0.25, 0.3) is 10.0 Å². The topological polar surface area (TPSA) is 102 Å². The van der Waals surface area contributed by atoms with Gasteiger partial charge in [0.2, 0.25) is 5.91 Å². The summed E-state index contributed by atoms with van der Waals surface area (Å²) < 4.78 is 53.0. The van der Waals surface area contributed by atoms with Crippen molar-refractivity contribution in [3.05, 3.63) is 52.8 Å². The Morgan fingerprint density at radius 3 is 2.56 bits per heavy atom. The van der Waals surface area contributed by atoms with Crippen LogP contribution in [-0.4, -0.2) is 45.6 Å². The van der Waals surface area contributed by atoms with Crippen LogP contribution in [0.5, 0.6) is 5.75 Å². The standard InChI is InChI=1S/C23H26ClFN2O6S/c1-23(2,3)33-22(29)10-14-5-8-20-19(9-14)27(13-15(32-20)11-21(28)26-4)34(30,31)16-6-7-18(25)17(24)12-16/h5-9,12,15H,10-11,13H2,1-4H3,(H,26,28)/t15-/m0/s1. The molecule has 0 bridgehead atoms. The van der Waals surface area contributed by atoms with Crippen molar-refractivity contribution in [3.63, 3.8) is 0 Å². The summed E-state index contributed by atoms with van der Waals surface area (Å²) in [6, 6.07) is 7.81. The van der Waals surface area contributed by atoms with Crippen LogP contribution < -0.4 is 14.4 Å². The molecule has 0 spiro atoms. The Kier molecular flexibility index (Phi) is 7.42. The van der Waals surface area contributed by atoms with E-state index in [0.29, 0.717) is 5.56 Å². The van der Waals surface area contributed by atoms with E-state index in [-0.39, 0.29) is 46.6 Å². The lowest BCUT2D eigenvalue weighted by Gasteiger charge is -2.35. The summed E-state index contributed by atoms with van der Waals surface area (Å²) in [6.07, 6.45) is -0.927. The highest BCUT2D eigenvalue weighted by atomic mass is 35.5. The minimum atomic E-state index is -4.21. The van der Waals surface area contributed by atoms with E-state index in [1.54, 1.807) is 32.9 Å². The van der Waals surface area contributed by atoms with Gasteiger partial charge in [-0.25, -0.2) is 12.8 Å². The molecule has 1 heterocycles. The molecule has 184 valence electrons. The Hall–Kier alpha value is -2.85. The van der Waals surface area contributed by atoms with Gasteiger partial charge in [-0.2, -0.15) is 0 Å². The monoisotopic (exact) mass is 512 g/mol. The predicted molar refractivity (Wildman–Crippen MR) is 125 cm³/mol. The van der Waals surface area contributed by atoms with E-state index in [1.807, 2.05) is 0 Å². The number of anilines is 1. The van der Waals surface area contributed by atoms with Gasteiger partial charge in [-0.1, -0.05) is 17.7 Å². The summed E-state index contributed by atoms with van der Waals surface area (Å²) in [5.74, 6) is -1.32. The van der Waals surface area contributed by atoms with Crippen molar-refractivity contribution in [2.45, 2.75) is 50.2 Å². The van der Waals surface area contributed by atoms with Crippen LogP contribution in [0.25, 0.3) is 0 Å². The Morgan fingerprint density at radius 1 is 1.24 bits per heavy atom. The van der Waals surface area contributed by atoms with E-state index in [0.717, 1.165) is 22.5 Å². The van der Waals surface area contributed by atoms with Crippen LogP contribution >= 0.6 is 11.6 Å². The summed E-state index contributed by atoms with van der Waals surface area (Å²) >= 11 is 5.82. The molecule has 0 aromatic heterocycles. The highest BCUT2D eigenvalue weighted by molar-refractivity contribution is 7.92. The van der Waals surface area contributed by atoms with Crippen LogP contribution in [0.3, 0.4) is 0 Å². The van der Waals surface area contributed by atoms with Gasteiger partial charge in [-0.3, -0.25) is 13.9 Å². The van der Waals surface area contributed by atoms with Crippen LogP contribution in [0.15, 0.2) is 41.3 Å². The summed E-state index contributed by atoms with van der Waals surface area (Å²) in [4.78, 5) is 24.0. The number of benzene rings is 2. The highest BCUT2D eigenvalue weighted by Crippen LogP contribution is 2.39. The van der Waals surface area contributed by atoms with E-state index in [2.05, 4.69) is 5.32 Å². The molecule has 1 N–H and O–H groups in total. The first-order chi connectivity index (χ1) is 15.8. The van der Waals surface area contributed by atoms with Crippen LogP contribution in [0, 0.1) is 5.82 Å². The second-order valence-corrected chi connectivity index (χ2v) is 11.1. The first kappa shape index (κ1) is 25.8. The Balaban J connectivity index is 2.02. The Bertz CT molecular complexity index is 1210. The van der Waals surface area contributed by atoms with Crippen LogP contribution in [0.2, 0.25) is 5.02 Å². The second kappa shape index (κ2) is 9.79. The molecule has 34 heavy (non-hydrogen) atoms. The maximum Gasteiger partial charge on any atom is 0.310 e. The van der Waals surface area contributed by atoms with Crippen molar-refractivity contribution >= 4 is 39.2 Å². The van der Waals surface area contributed by atoms with E-state index >= 15 is 0 Å². The molecule has 1 aliphatic heterocycles. The maximum absolute atomic E-state index is 13.7. The molecule has 3 rings (SSSR count). The zero-order chi connectivity index (χ0) is 25.3. The van der Waals surface area contributed by atoms with Crippen LogP contribution in [-0.2, 0) is 30.8 Å². The third kappa shape index (κ3) is 5.98. The minimum Gasteiger partial charge on any atom is -0.486 e. The molecule has 1 aliphatic rings.